The van der Waals surface area contributed by atoms with Crippen molar-refractivity contribution in [2.75, 3.05) is 32.7 Å². The fraction of sp³-hybridized carbons (Fsp3) is 0.333. The van der Waals surface area contributed by atoms with Crippen LogP contribution in [-0.4, -0.2) is 42.4 Å². The number of thiocarbonyl (C=S) groups is 1. The van der Waals surface area contributed by atoms with Crippen LogP contribution in [0.1, 0.15) is 18.7 Å². The molecule has 25 heavy (non-hydrogen) atoms. The third kappa shape index (κ3) is 5.29. The van der Waals surface area contributed by atoms with E-state index in [1.54, 1.807) is 32.5 Å². The van der Waals surface area contributed by atoms with Gasteiger partial charge in [0.15, 0.2) is 5.11 Å². The predicted octanol–water partition coefficient (Wildman–Crippen LogP) is 4.15. The lowest BCUT2D eigenvalue weighted by Crippen LogP contribution is -2.39. The highest BCUT2D eigenvalue weighted by Crippen LogP contribution is 2.28. The van der Waals surface area contributed by atoms with Crippen molar-refractivity contribution in [1.29, 1.82) is 0 Å². The van der Waals surface area contributed by atoms with Crippen molar-refractivity contribution in [2.24, 2.45) is 0 Å². The summed E-state index contributed by atoms with van der Waals surface area (Å²) in [6.07, 6.45) is 1.78. The minimum Gasteiger partial charge on any atom is -0.495 e. The molecule has 0 saturated heterocycles. The summed E-state index contributed by atoms with van der Waals surface area (Å²) in [4.78, 5) is 6.47. The molecule has 0 amide bonds. The van der Waals surface area contributed by atoms with Crippen molar-refractivity contribution in [1.82, 2.24) is 9.88 Å². The average Bonchev–Trinajstić information content (AvgIpc) is 2.62. The van der Waals surface area contributed by atoms with E-state index in [0.717, 1.165) is 11.4 Å². The van der Waals surface area contributed by atoms with Gasteiger partial charge in [-0.15, -0.1) is 0 Å². The van der Waals surface area contributed by atoms with E-state index in [1.807, 2.05) is 29.2 Å². The maximum atomic E-state index is 6.18. The molecule has 1 aromatic heterocycles. The minimum atomic E-state index is 0.00469. The Morgan fingerprint density at radius 1 is 1.32 bits per heavy atom. The van der Waals surface area contributed by atoms with Crippen molar-refractivity contribution in [3.63, 3.8) is 0 Å². The van der Waals surface area contributed by atoms with E-state index >= 15 is 0 Å². The van der Waals surface area contributed by atoms with Gasteiger partial charge >= 0.3 is 0 Å². The topological polar surface area (TPSA) is 46.6 Å². The van der Waals surface area contributed by atoms with Gasteiger partial charge in [0.05, 0.1) is 30.5 Å². The molecule has 1 aromatic carbocycles. The van der Waals surface area contributed by atoms with Gasteiger partial charge in [-0.05, 0) is 49.5 Å². The summed E-state index contributed by atoms with van der Waals surface area (Å²) in [6.45, 7) is 3.26. The second-order valence-electron chi connectivity index (χ2n) is 5.40. The monoisotopic (exact) mass is 379 g/mol. The van der Waals surface area contributed by atoms with Gasteiger partial charge in [0.25, 0.3) is 0 Å². The molecular weight excluding hydrogens is 358 g/mol. The first-order valence-corrected chi connectivity index (χ1v) is 8.66. The zero-order chi connectivity index (χ0) is 18.2. The molecule has 0 bridgehead atoms. The molecule has 2 rings (SSSR count). The summed E-state index contributed by atoms with van der Waals surface area (Å²) >= 11 is 11.8. The molecule has 1 atom stereocenters. The van der Waals surface area contributed by atoms with Crippen LogP contribution in [0.4, 0.5) is 5.69 Å². The number of methoxy groups -OCH3 is 2. The number of ether oxygens (including phenoxy) is 2. The lowest BCUT2D eigenvalue weighted by molar-refractivity contribution is 0.164. The summed E-state index contributed by atoms with van der Waals surface area (Å²) in [7, 11) is 3.25. The van der Waals surface area contributed by atoms with Crippen molar-refractivity contribution in [3.05, 3.63) is 53.3 Å². The quantitative estimate of drug-likeness (QED) is 0.729. The maximum absolute atomic E-state index is 6.18. The number of aromatic nitrogens is 1. The number of pyridine rings is 1. The van der Waals surface area contributed by atoms with Crippen molar-refractivity contribution >= 4 is 34.6 Å². The molecule has 2 aromatic rings. The van der Waals surface area contributed by atoms with Crippen LogP contribution in [0.2, 0.25) is 5.02 Å². The van der Waals surface area contributed by atoms with Crippen molar-refractivity contribution in [2.45, 2.75) is 13.0 Å². The van der Waals surface area contributed by atoms with E-state index in [1.165, 1.54) is 0 Å². The molecule has 1 heterocycles. The first-order valence-electron chi connectivity index (χ1n) is 7.87. The highest BCUT2D eigenvalue weighted by molar-refractivity contribution is 7.80. The van der Waals surface area contributed by atoms with Crippen LogP contribution in [0.3, 0.4) is 0 Å². The SMILES string of the molecule is COCCN(C(=S)Nc1ccc(OC)c(Cl)c1)C(C)c1ccccn1. The summed E-state index contributed by atoms with van der Waals surface area (Å²) in [6, 6.07) is 11.3. The third-order valence-corrected chi connectivity index (χ3v) is 4.42. The van der Waals surface area contributed by atoms with Gasteiger partial charge in [0.2, 0.25) is 0 Å². The molecule has 1 N–H and O–H groups in total. The second-order valence-corrected chi connectivity index (χ2v) is 6.19. The number of nitrogens with one attached hydrogen (secondary N) is 1. The number of halogens is 1. The van der Waals surface area contributed by atoms with Crippen LogP contribution in [0.15, 0.2) is 42.6 Å². The Kier molecular flexibility index (Phi) is 7.43. The molecule has 1 unspecified atom stereocenters. The highest BCUT2D eigenvalue weighted by atomic mass is 35.5. The van der Waals surface area contributed by atoms with Gasteiger partial charge in [-0.25, -0.2) is 0 Å². The molecule has 0 radical (unpaired) electrons. The van der Waals surface area contributed by atoms with Crippen LogP contribution in [0.5, 0.6) is 5.75 Å². The molecule has 0 spiro atoms. The molecule has 7 heteroatoms. The third-order valence-electron chi connectivity index (χ3n) is 3.78. The van der Waals surface area contributed by atoms with Crippen molar-refractivity contribution in [3.8, 4) is 5.75 Å². The Hall–Kier alpha value is -1.89. The molecule has 0 aliphatic carbocycles. The fourth-order valence-electron chi connectivity index (χ4n) is 2.38. The zero-order valence-corrected chi connectivity index (χ0v) is 16.1. The van der Waals surface area contributed by atoms with E-state index in [9.17, 15) is 0 Å². The summed E-state index contributed by atoms with van der Waals surface area (Å²) in [5.74, 6) is 0.622. The van der Waals surface area contributed by atoms with Gasteiger partial charge in [0, 0.05) is 25.5 Å². The van der Waals surface area contributed by atoms with Crippen LogP contribution < -0.4 is 10.1 Å². The summed E-state index contributed by atoms with van der Waals surface area (Å²) in [5.41, 5.74) is 1.74. The van der Waals surface area contributed by atoms with Gasteiger partial charge in [-0.1, -0.05) is 17.7 Å². The number of benzene rings is 1. The van der Waals surface area contributed by atoms with E-state index in [0.29, 0.717) is 29.0 Å². The van der Waals surface area contributed by atoms with E-state index in [2.05, 4.69) is 17.2 Å². The van der Waals surface area contributed by atoms with Crippen LogP contribution in [0.25, 0.3) is 0 Å². The second kappa shape index (κ2) is 9.56. The predicted molar refractivity (Wildman–Crippen MR) is 105 cm³/mol. The lowest BCUT2D eigenvalue weighted by Gasteiger charge is -2.31. The molecule has 0 fully saturated rings. The summed E-state index contributed by atoms with van der Waals surface area (Å²) < 4.78 is 10.4. The fourth-order valence-corrected chi connectivity index (χ4v) is 3.01. The Morgan fingerprint density at radius 3 is 2.72 bits per heavy atom. The number of anilines is 1. The van der Waals surface area contributed by atoms with E-state index < -0.39 is 0 Å². The molecular formula is C18H22ClN3O2S. The summed E-state index contributed by atoms with van der Waals surface area (Å²) in [5, 5.41) is 4.33. The van der Waals surface area contributed by atoms with Crippen LogP contribution in [-0.2, 0) is 4.74 Å². The number of rotatable bonds is 7. The molecule has 0 aliphatic rings. The molecule has 0 saturated carbocycles. The highest BCUT2D eigenvalue weighted by Gasteiger charge is 2.19. The molecule has 0 aliphatic heterocycles. The van der Waals surface area contributed by atoms with E-state index in [-0.39, 0.29) is 6.04 Å². The van der Waals surface area contributed by atoms with Gasteiger partial charge in [0.1, 0.15) is 5.75 Å². The molecule has 5 nitrogen and oxygen atoms in total. The zero-order valence-electron chi connectivity index (χ0n) is 14.5. The Balaban J connectivity index is 2.16. The Morgan fingerprint density at radius 2 is 2.12 bits per heavy atom. The number of hydrogen-bond donors (Lipinski definition) is 1. The van der Waals surface area contributed by atoms with Gasteiger partial charge in [-0.3, -0.25) is 4.98 Å². The van der Waals surface area contributed by atoms with Gasteiger partial charge < -0.3 is 19.7 Å². The molecule has 134 valence electrons. The lowest BCUT2D eigenvalue weighted by atomic mass is 10.2. The van der Waals surface area contributed by atoms with E-state index in [4.69, 9.17) is 33.3 Å². The first kappa shape index (κ1) is 19.4. The number of hydrogen-bond acceptors (Lipinski definition) is 4. The Labute approximate surface area is 158 Å². The standard InChI is InChI=1S/C18H22ClN3O2S/c1-13(16-6-4-5-9-20-16)22(10-11-23-2)18(25)21-14-7-8-17(24-3)15(19)12-14/h4-9,12-13H,10-11H2,1-3H3,(H,21,25). The minimum absolute atomic E-state index is 0.00469. The van der Waals surface area contributed by atoms with Gasteiger partial charge in [-0.2, -0.15) is 0 Å². The normalized spacial score (nSPS) is 11.7. The smallest absolute Gasteiger partial charge is 0.174 e. The van der Waals surface area contributed by atoms with Crippen LogP contribution in [0, 0.1) is 0 Å². The largest absolute Gasteiger partial charge is 0.495 e. The Bertz CT molecular complexity index is 700. The van der Waals surface area contributed by atoms with Crippen LogP contribution >= 0.6 is 23.8 Å². The number of nitrogens with zero attached hydrogens (tertiary/aromatic N) is 2. The van der Waals surface area contributed by atoms with Crippen molar-refractivity contribution < 1.29 is 9.47 Å². The first-order chi connectivity index (χ1) is 12.1. The average molecular weight is 380 g/mol. The maximum Gasteiger partial charge on any atom is 0.174 e.